The maximum Gasteiger partial charge on any atom is 0.357 e. The molecule has 12 heteroatoms. The van der Waals surface area contributed by atoms with Crippen LogP contribution in [0.5, 0.6) is 0 Å². The van der Waals surface area contributed by atoms with E-state index in [2.05, 4.69) is 0 Å². The number of rotatable bonds is 6. The third-order valence-electron chi connectivity index (χ3n) is 3.88. The molecule has 2 rings (SSSR count). The molecule has 0 aliphatic rings. The zero-order valence-corrected chi connectivity index (χ0v) is 16.7. The minimum atomic E-state index is -1.13. The molecule has 0 amide bonds. The number of carbonyl (C=O) groups is 2. The van der Waals surface area contributed by atoms with Crippen LogP contribution in [0.3, 0.4) is 0 Å². The van der Waals surface area contributed by atoms with Crippen LogP contribution in [-0.2, 0) is 19.1 Å². The van der Waals surface area contributed by atoms with E-state index in [-0.39, 0.29) is 24.3 Å². The Morgan fingerprint density at radius 3 is 1.40 bits per heavy atom. The second-order valence-corrected chi connectivity index (χ2v) is 6.02. The SMILES string of the molecule is CCOC(=O)/C(=C(/C(=O)OCC)n1cc(C)c(=O)[nH]c1=O)n1cc(C)c(=O)[nH]c1=O. The predicted molar refractivity (Wildman–Crippen MR) is 105 cm³/mol. The molecule has 0 aliphatic heterocycles. The van der Waals surface area contributed by atoms with Gasteiger partial charge in [-0.1, -0.05) is 0 Å². The number of carbonyl (C=O) groups excluding carboxylic acids is 2. The van der Waals surface area contributed by atoms with Crippen LogP contribution in [0.25, 0.3) is 11.4 Å². The number of esters is 2. The third kappa shape index (κ3) is 4.37. The van der Waals surface area contributed by atoms with Gasteiger partial charge in [-0.05, 0) is 27.7 Å². The van der Waals surface area contributed by atoms with Crippen molar-refractivity contribution in [3.63, 3.8) is 0 Å². The summed E-state index contributed by atoms with van der Waals surface area (Å²) in [4.78, 5) is 77.9. The Kier molecular flexibility index (Phi) is 6.72. The zero-order chi connectivity index (χ0) is 22.6. The molecule has 30 heavy (non-hydrogen) atoms. The van der Waals surface area contributed by atoms with E-state index in [4.69, 9.17) is 9.47 Å². The molecule has 0 bridgehead atoms. The van der Waals surface area contributed by atoms with Crippen molar-refractivity contribution in [2.75, 3.05) is 13.2 Å². The second kappa shape index (κ2) is 9.03. The van der Waals surface area contributed by atoms with Crippen molar-refractivity contribution >= 4 is 23.3 Å². The van der Waals surface area contributed by atoms with E-state index < -0.39 is 45.8 Å². The molecule has 2 N–H and O–H groups in total. The van der Waals surface area contributed by atoms with Crippen LogP contribution < -0.4 is 22.5 Å². The van der Waals surface area contributed by atoms with Crippen molar-refractivity contribution in [3.8, 4) is 0 Å². The van der Waals surface area contributed by atoms with Crippen LogP contribution in [-0.4, -0.2) is 44.3 Å². The highest BCUT2D eigenvalue weighted by atomic mass is 16.5. The topological polar surface area (TPSA) is 162 Å². The van der Waals surface area contributed by atoms with Crippen LogP contribution in [0.15, 0.2) is 31.6 Å². The minimum absolute atomic E-state index is 0.0459. The minimum Gasteiger partial charge on any atom is -0.461 e. The lowest BCUT2D eigenvalue weighted by molar-refractivity contribution is -0.139. The Morgan fingerprint density at radius 2 is 1.10 bits per heavy atom. The first-order chi connectivity index (χ1) is 14.1. The summed E-state index contributed by atoms with van der Waals surface area (Å²) in [6, 6.07) is 0. The Bertz CT molecular complexity index is 1160. The normalized spacial score (nSPS) is 11.6. The first-order valence-electron chi connectivity index (χ1n) is 8.86. The number of hydrogen-bond donors (Lipinski definition) is 2. The molecule has 0 atom stereocenters. The van der Waals surface area contributed by atoms with Gasteiger partial charge in [0, 0.05) is 23.5 Å². The Morgan fingerprint density at radius 1 is 0.767 bits per heavy atom. The summed E-state index contributed by atoms with van der Waals surface area (Å²) < 4.78 is 11.3. The zero-order valence-electron chi connectivity index (χ0n) is 16.7. The summed E-state index contributed by atoms with van der Waals surface area (Å²) >= 11 is 0. The first kappa shape index (κ1) is 22.3. The predicted octanol–water partition coefficient (Wildman–Crippen LogP) is -1.04. The molecule has 0 fully saturated rings. The highest BCUT2D eigenvalue weighted by Crippen LogP contribution is 2.17. The average Bonchev–Trinajstić information content (AvgIpc) is 2.66. The van der Waals surface area contributed by atoms with E-state index in [0.717, 1.165) is 12.4 Å². The van der Waals surface area contributed by atoms with Crippen LogP contribution in [0.2, 0.25) is 0 Å². The van der Waals surface area contributed by atoms with Gasteiger partial charge in [-0.15, -0.1) is 0 Å². The van der Waals surface area contributed by atoms with Crippen molar-refractivity contribution in [2.24, 2.45) is 0 Å². The fraction of sp³-hybridized carbons (Fsp3) is 0.333. The molecule has 2 aromatic heterocycles. The summed E-state index contributed by atoms with van der Waals surface area (Å²) in [5.41, 5.74) is -4.76. The van der Waals surface area contributed by atoms with E-state index in [0.29, 0.717) is 9.13 Å². The highest BCUT2D eigenvalue weighted by Gasteiger charge is 2.29. The molecule has 0 aromatic carbocycles. The molecule has 12 nitrogen and oxygen atoms in total. The molecule has 0 aliphatic carbocycles. The van der Waals surface area contributed by atoms with E-state index >= 15 is 0 Å². The third-order valence-corrected chi connectivity index (χ3v) is 3.88. The molecule has 0 unspecified atom stereocenters. The maximum absolute atomic E-state index is 12.8. The highest BCUT2D eigenvalue weighted by molar-refractivity contribution is 6.30. The van der Waals surface area contributed by atoms with Crippen LogP contribution in [0, 0.1) is 13.8 Å². The Balaban J connectivity index is 3.08. The molecule has 0 saturated carbocycles. The van der Waals surface area contributed by atoms with Gasteiger partial charge in [0.2, 0.25) is 0 Å². The molecule has 0 spiro atoms. The van der Waals surface area contributed by atoms with Gasteiger partial charge >= 0.3 is 23.3 Å². The number of nitrogens with one attached hydrogen (secondary N) is 2. The van der Waals surface area contributed by atoms with Gasteiger partial charge in [0.1, 0.15) is 0 Å². The van der Waals surface area contributed by atoms with Crippen molar-refractivity contribution in [1.29, 1.82) is 0 Å². The van der Waals surface area contributed by atoms with E-state index in [1.165, 1.54) is 27.7 Å². The van der Waals surface area contributed by atoms with Gasteiger partial charge in [-0.2, -0.15) is 0 Å². The van der Waals surface area contributed by atoms with Crippen molar-refractivity contribution in [1.82, 2.24) is 19.1 Å². The fourth-order valence-corrected chi connectivity index (χ4v) is 2.48. The summed E-state index contributed by atoms with van der Waals surface area (Å²) in [5, 5.41) is 0. The van der Waals surface area contributed by atoms with Crippen molar-refractivity contribution in [3.05, 3.63) is 65.2 Å². The van der Waals surface area contributed by atoms with Crippen LogP contribution in [0.4, 0.5) is 0 Å². The van der Waals surface area contributed by atoms with Gasteiger partial charge in [0.05, 0.1) is 13.2 Å². The lowest BCUT2D eigenvalue weighted by atomic mass is 10.2. The summed E-state index contributed by atoms with van der Waals surface area (Å²) in [6.45, 7) is 5.51. The monoisotopic (exact) mass is 420 g/mol. The number of aromatic amines is 2. The summed E-state index contributed by atoms with van der Waals surface area (Å²) in [7, 11) is 0. The van der Waals surface area contributed by atoms with Gasteiger partial charge in [-0.3, -0.25) is 28.7 Å². The second-order valence-electron chi connectivity index (χ2n) is 6.02. The smallest absolute Gasteiger partial charge is 0.357 e. The van der Waals surface area contributed by atoms with Crippen LogP contribution >= 0.6 is 0 Å². The van der Waals surface area contributed by atoms with E-state index in [9.17, 15) is 28.8 Å². The van der Waals surface area contributed by atoms with E-state index in [1.807, 2.05) is 9.97 Å². The standard InChI is InChI=1S/C18H20N4O8/c1-5-29-15(25)11(21-7-9(3)13(23)19-17(21)27)12(16(26)30-6-2)22-8-10(4)14(24)20-18(22)28/h7-8H,5-6H2,1-4H3,(H,19,23,27)(H,20,24,28)/b12-11+. The number of nitrogens with zero attached hydrogens (tertiary/aromatic N) is 2. The molecular weight excluding hydrogens is 400 g/mol. The number of aromatic nitrogens is 4. The first-order valence-corrected chi connectivity index (χ1v) is 8.86. The fourth-order valence-electron chi connectivity index (χ4n) is 2.48. The molecule has 2 heterocycles. The van der Waals surface area contributed by atoms with Crippen LogP contribution in [0.1, 0.15) is 25.0 Å². The summed E-state index contributed by atoms with van der Waals surface area (Å²) in [6.07, 6.45) is 2.05. The molecule has 2 aromatic rings. The van der Waals surface area contributed by atoms with Gasteiger partial charge < -0.3 is 9.47 Å². The lowest BCUT2D eigenvalue weighted by Gasteiger charge is -2.17. The number of H-pyrrole nitrogens is 2. The molecule has 0 saturated heterocycles. The number of ether oxygens (including phenoxy) is 2. The van der Waals surface area contributed by atoms with E-state index in [1.54, 1.807) is 0 Å². The number of aryl methyl sites for hydroxylation is 2. The quantitative estimate of drug-likeness (QED) is 0.442. The van der Waals surface area contributed by atoms with Gasteiger partial charge in [-0.25, -0.2) is 19.2 Å². The van der Waals surface area contributed by atoms with Gasteiger partial charge in [0.25, 0.3) is 11.1 Å². The maximum atomic E-state index is 12.8. The molecular formula is C18H20N4O8. The Hall–Kier alpha value is -3.96. The van der Waals surface area contributed by atoms with Crippen molar-refractivity contribution < 1.29 is 19.1 Å². The largest absolute Gasteiger partial charge is 0.461 e. The molecule has 0 radical (unpaired) electrons. The molecule has 160 valence electrons. The van der Waals surface area contributed by atoms with Crippen molar-refractivity contribution in [2.45, 2.75) is 27.7 Å². The number of hydrogen-bond acceptors (Lipinski definition) is 8. The van der Waals surface area contributed by atoms with Gasteiger partial charge in [0.15, 0.2) is 11.4 Å². The average molecular weight is 420 g/mol. The summed E-state index contributed by atoms with van der Waals surface area (Å²) in [5.74, 6) is -2.27. The lowest BCUT2D eigenvalue weighted by Crippen LogP contribution is -2.37. The Labute approximate surface area is 168 Å².